The highest BCUT2D eigenvalue weighted by atomic mass is 35.5. The van der Waals surface area contributed by atoms with Gasteiger partial charge in [0, 0.05) is 25.8 Å². The second kappa shape index (κ2) is 6.47. The van der Waals surface area contributed by atoms with Crippen LogP contribution in [0.5, 0.6) is 0 Å². The molecule has 0 saturated heterocycles. The number of anilines is 2. The van der Waals surface area contributed by atoms with E-state index in [1.54, 1.807) is 25.3 Å². The van der Waals surface area contributed by atoms with Crippen molar-refractivity contribution in [3.05, 3.63) is 23.2 Å². The van der Waals surface area contributed by atoms with Crippen LogP contribution in [0.25, 0.3) is 0 Å². The molecule has 0 bridgehead atoms. The van der Waals surface area contributed by atoms with Crippen molar-refractivity contribution in [3.63, 3.8) is 0 Å². The number of benzene rings is 1. The number of ether oxygens (including phenoxy) is 1. The van der Waals surface area contributed by atoms with Crippen LogP contribution < -0.4 is 11.1 Å². The molecule has 94 valence electrons. The molecule has 3 N–H and O–H groups in total. The number of nitrogens with one attached hydrogen (secondary N) is 1. The summed E-state index contributed by atoms with van der Waals surface area (Å²) < 4.78 is 4.97. The van der Waals surface area contributed by atoms with Crippen LogP contribution in [0.4, 0.5) is 11.4 Å². The molecule has 0 radical (unpaired) electrons. The Bertz CT molecular complexity index is 396. The molecule has 0 spiro atoms. The van der Waals surface area contributed by atoms with Gasteiger partial charge >= 0.3 is 0 Å². The molecule has 1 amide bonds. The molecule has 1 unspecified atom stereocenters. The molecule has 4 nitrogen and oxygen atoms in total. The first-order chi connectivity index (χ1) is 8.02. The highest BCUT2D eigenvalue weighted by molar-refractivity contribution is 6.33. The number of carbonyl (C=O) groups excluding carboxylic acids is 1. The van der Waals surface area contributed by atoms with Crippen LogP contribution in [0.15, 0.2) is 18.2 Å². The van der Waals surface area contributed by atoms with Crippen LogP contribution in [-0.2, 0) is 9.53 Å². The average molecular weight is 257 g/mol. The monoisotopic (exact) mass is 256 g/mol. The topological polar surface area (TPSA) is 64.3 Å². The van der Waals surface area contributed by atoms with Crippen molar-refractivity contribution in [3.8, 4) is 0 Å². The lowest BCUT2D eigenvalue weighted by molar-refractivity contribution is -0.117. The minimum atomic E-state index is -0.0590. The number of halogens is 1. The standard InChI is InChI=1S/C12H17ClN2O2/c1-8(7-17-2)5-12(16)15-9-3-4-10(13)11(14)6-9/h3-4,6,8H,5,7,14H2,1-2H3,(H,15,16). The van der Waals surface area contributed by atoms with E-state index >= 15 is 0 Å². The summed E-state index contributed by atoms with van der Waals surface area (Å²) in [5, 5.41) is 3.25. The van der Waals surface area contributed by atoms with Crippen molar-refractivity contribution in [1.82, 2.24) is 0 Å². The van der Waals surface area contributed by atoms with E-state index in [0.29, 0.717) is 29.4 Å². The quantitative estimate of drug-likeness (QED) is 0.796. The molecule has 17 heavy (non-hydrogen) atoms. The van der Waals surface area contributed by atoms with Crippen LogP contribution in [0.2, 0.25) is 5.02 Å². The third-order valence-corrected chi connectivity index (χ3v) is 2.61. The van der Waals surface area contributed by atoms with Crippen molar-refractivity contribution in [2.24, 2.45) is 5.92 Å². The van der Waals surface area contributed by atoms with Crippen molar-refractivity contribution < 1.29 is 9.53 Å². The number of methoxy groups -OCH3 is 1. The molecule has 1 aromatic rings. The van der Waals surface area contributed by atoms with Gasteiger partial charge in [-0.3, -0.25) is 4.79 Å². The molecule has 0 saturated carbocycles. The Labute approximate surface area is 106 Å². The van der Waals surface area contributed by atoms with E-state index in [4.69, 9.17) is 22.1 Å². The number of carbonyl (C=O) groups is 1. The van der Waals surface area contributed by atoms with Crippen molar-refractivity contribution in [2.75, 3.05) is 24.8 Å². The molecule has 0 heterocycles. The summed E-state index contributed by atoms with van der Waals surface area (Å²) in [6.07, 6.45) is 0.413. The van der Waals surface area contributed by atoms with Gasteiger partial charge in [-0.2, -0.15) is 0 Å². The number of hydrogen-bond acceptors (Lipinski definition) is 3. The second-order valence-corrected chi connectivity index (χ2v) is 4.46. The highest BCUT2D eigenvalue weighted by Crippen LogP contribution is 2.22. The van der Waals surface area contributed by atoms with E-state index in [-0.39, 0.29) is 11.8 Å². The molecule has 0 aliphatic carbocycles. The van der Waals surface area contributed by atoms with Gasteiger partial charge in [0.05, 0.1) is 10.7 Å². The summed E-state index contributed by atoms with van der Waals surface area (Å²) in [6, 6.07) is 5.02. The number of amides is 1. The zero-order valence-electron chi connectivity index (χ0n) is 10.00. The zero-order valence-corrected chi connectivity index (χ0v) is 10.8. The van der Waals surface area contributed by atoms with Gasteiger partial charge in [0.15, 0.2) is 0 Å². The van der Waals surface area contributed by atoms with E-state index in [0.717, 1.165) is 0 Å². The van der Waals surface area contributed by atoms with Crippen LogP contribution in [-0.4, -0.2) is 19.6 Å². The third-order valence-electron chi connectivity index (χ3n) is 2.26. The third kappa shape index (κ3) is 4.63. The fourth-order valence-corrected chi connectivity index (χ4v) is 1.61. The van der Waals surface area contributed by atoms with E-state index in [1.807, 2.05) is 6.92 Å². The first-order valence-corrected chi connectivity index (χ1v) is 5.74. The van der Waals surface area contributed by atoms with E-state index in [2.05, 4.69) is 5.32 Å². The van der Waals surface area contributed by atoms with Crippen LogP contribution in [0.3, 0.4) is 0 Å². The van der Waals surface area contributed by atoms with Crippen LogP contribution >= 0.6 is 11.6 Å². The Kier molecular flexibility index (Phi) is 5.25. The van der Waals surface area contributed by atoms with Crippen molar-refractivity contribution in [2.45, 2.75) is 13.3 Å². The first-order valence-electron chi connectivity index (χ1n) is 5.36. The minimum absolute atomic E-state index is 0.0590. The molecular weight excluding hydrogens is 240 g/mol. The minimum Gasteiger partial charge on any atom is -0.397 e. The number of nitrogens with two attached hydrogens (primary N) is 1. The van der Waals surface area contributed by atoms with Crippen molar-refractivity contribution in [1.29, 1.82) is 0 Å². The Hall–Kier alpha value is -1.26. The van der Waals surface area contributed by atoms with E-state index in [1.165, 1.54) is 0 Å². The second-order valence-electron chi connectivity index (χ2n) is 4.05. The summed E-state index contributed by atoms with van der Waals surface area (Å²) in [5.74, 6) is 0.126. The number of nitrogen functional groups attached to an aromatic ring is 1. The van der Waals surface area contributed by atoms with Gasteiger partial charge in [-0.05, 0) is 24.1 Å². The predicted octanol–water partition coefficient (Wildman–Crippen LogP) is 2.53. The van der Waals surface area contributed by atoms with Crippen molar-refractivity contribution >= 4 is 28.9 Å². The maximum atomic E-state index is 11.7. The molecule has 1 atom stereocenters. The number of hydrogen-bond donors (Lipinski definition) is 2. The van der Waals surface area contributed by atoms with Gasteiger partial charge in [-0.1, -0.05) is 18.5 Å². The summed E-state index contributed by atoms with van der Waals surface area (Å²) in [6.45, 7) is 2.52. The fraction of sp³-hybridized carbons (Fsp3) is 0.417. The lowest BCUT2D eigenvalue weighted by Gasteiger charge is -2.11. The molecule has 0 fully saturated rings. The summed E-state index contributed by atoms with van der Waals surface area (Å²) in [7, 11) is 1.62. The Morgan fingerprint density at radius 3 is 2.88 bits per heavy atom. The smallest absolute Gasteiger partial charge is 0.224 e. The van der Waals surface area contributed by atoms with E-state index < -0.39 is 0 Å². The Morgan fingerprint density at radius 1 is 1.59 bits per heavy atom. The van der Waals surface area contributed by atoms with Gasteiger partial charge in [-0.15, -0.1) is 0 Å². The molecule has 1 rings (SSSR count). The SMILES string of the molecule is COCC(C)CC(=O)Nc1ccc(Cl)c(N)c1. The first kappa shape index (κ1) is 13.8. The van der Waals surface area contributed by atoms with Gasteiger partial charge in [0.2, 0.25) is 5.91 Å². The molecule has 5 heteroatoms. The molecule has 0 aliphatic heterocycles. The predicted molar refractivity (Wildman–Crippen MR) is 70.2 cm³/mol. The van der Waals surface area contributed by atoms with Crippen LogP contribution in [0.1, 0.15) is 13.3 Å². The molecule has 0 aromatic heterocycles. The molecule has 1 aromatic carbocycles. The molecule has 0 aliphatic rings. The highest BCUT2D eigenvalue weighted by Gasteiger charge is 2.09. The van der Waals surface area contributed by atoms with Gasteiger partial charge in [-0.25, -0.2) is 0 Å². The molecular formula is C12H17ClN2O2. The lowest BCUT2D eigenvalue weighted by atomic mass is 10.1. The number of rotatable bonds is 5. The Balaban J connectivity index is 2.53. The lowest BCUT2D eigenvalue weighted by Crippen LogP contribution is -2.17. The normalized spacial score (nSPS) is 12.2. The van der Waals surface area contributed by atoms with Gasteiger partial charge < -0.3 is 15.8 Å². The average Bonchev–Trinajstić information content (AvgIpc) is 2.23. The Morgan fingerprint density at radius 2 is 2.29 bits per heavy atom. The van der Waals surface area contributed by atoms with Crippen LogP contribution in [0, 0.1) is 5.92 Å². The van der Waals surface area contributed by atoms with Gasteiger partial charge in [0.1, 0.15) is 0 Å². The van der Waals surface area contributed by atoms with Gasteiger partial charge in [0.25, 0.3) is 0 Å². The summed E-state index contributed by atoms with van der Waals surface area (Å²) >= 11 is 5.79. The largest absolute Gasteiger partial charge is 0.397 e. The zero-order chi connectivity index (χ0) is 12.8. The maximum absolute atomic E-state index is 11.7. The summed E-state index contributed by atoms with van der Waals surface area (Å²) in [5.41, 5.74) is 6.75. The fourth-order valence-electron chi connectivity index (χ4n) is 1.49. The summed E-state index contributed by atoms with van der Waals surface area (Å²) in [4.78, 5) is 11.7. The maximum Gasteiger partial charge on any atom is 0.224 e. The van der Waals surface area contributed by atoms with E-state index in [9.17, 15) is 4.79 Å².